The van der Waals surface area contributed by atoms with E-state index in [4.69, 9.17) is 11.6 Å². The number of rotatable bonds is 6. The van der Waals surface area contributed by atoms with E-state index in [0.29, 0.717) is 5.92 Å². The Bertz CT molecular complexity index is 848. The van der Waals surface area contributed by atoms with Crippen LogP contribution < -0.4 is 5.32 Å². The van der Waals surface area contributed by atoms with Gasteiger partial charge in [-0.05, 0) is 36.1 Å². The van der Waals surface area contributed by atoms with Gasteiger partial charge in [0.2, 0.25) is 0 Å². The van der Waals surface area contributed by atoms with Gasteiger partial charge in [0.05, 0.1) is 16.0 Å². The van der Waals surface area contributed by atoms with E-state index in [9.17, 15) is 13.2 Å². The molecule has 2 rings (SSSR count). The van der Waals surface area contributed by atoms with Crippen molar-refractivity contribution in [1.82, 2.24) is 5.32 Å². The monoisotopic (exact) mass is 379 g/mol. The summed E-state index contributed by atoms with van der Waals surface area (Å²) < 4.78 is 23.6. The van der Waals surface area contributed by atoms with Gasteiger partial charge < -0.3 is 5.32 Å². The maximum absolute atomic E-state index is 12.7. The minimum atomic E-state index is -3.50. The topological polar surface area (TPSA) is 63.2 Å². The third-order valence-corrected chi connectivity index (χ3v) is 5.39. The van der Waals surface area contributed by atoms with Gasteiger partial charge in [0.25, 0.3) is 5.91 Å². The van der Waals surface area contributed by atoms with Crippen molar-refractivity contribution in [3.8, 4) is 0 Å². The zero-order valence-electron chi connectivity index (χ0n) is 14.5. The van der Waals surface area contributed by atoms with Crippen molar-refractivity contribution in [3.63, 3.8) is 0 Å². The molecule has 0 heterocycles. The fourth-order valence-corrected chi connectivity index (χ4v) is 3.91. The number of hydrogen-bond acceptors (Lipinski definition) is 3. The van der Waals surface area contributed by atoms with Gasteiger partial charge in [0.15, 0.2) is 9.84 Å². The number of halogens is 1. The highest BCUT2D eigenvalue weighted by Crippen LogP contribution is 2.25. The van der Waals surface area contributed by atoms with Gasteiger partial charge in [-0.1, -0.05) is 55.8 Å². The molecule has 0 spiro atoms. The second kappa shape index (κ2) is 8.02. The molecule has 134 valence electrons. The predicted molar refractivity (Wildman–Crippen MR) is 101 cm³/mol. The minimum Gasteiger partial charge on any atom is -0.345 e. The summed E-state index contributed by atoms with van der Waals surface area (Å²) in [7, 11) is -3.50. The van der Waals surface area contributed by atoms with Crippen LogP contribution in [0.2, 0.25) is 5.02 Å². The molecule has 4 nitrogen and oxygen atoms in total. The Morgan fingerprint density at radius 1 is 1.12 bits per heavy atom. The summed E-state index contributed by atoms with van der Waals surface area (Å²) >= 11 is 5.95. The van der Waals surface area contributed by atoms with Crippen LogP contribution in [0.4, 0.5) is 0 Å². The van der Waals surface area contributed by atoms with E-state index in [2.05, 4.69) is 19.2 Å². The molecule has 0 aliphatic carbocycles. The summed E-state index contributed by atoms with van der Waals surface area (Å²) in [5, 5.41) is 3.11. The van der Waals surface area contributed by atoms with E-state index in [1.165, 1.54) is 18.2 Å². The molecule has 2 aromatic carbocycles. The smallest absolute Gasteiger partial charge is 0.251 e. The summed E-state index contributed by atoms with van der Waals surface area (Å²) in [5.74, 6) is 0.0679. The maximum atomic E-state index is 12.7. The number of sulfone groups is 1. The predicted octanol–water partition coefficient (Wildman–Crippen LogP) is 4.26. The van der Waals surface area contributed by atoms with E-state index < -0.39 is 9.84 Å². The molecule has 1 unspecified atom stereocenters. The maximum Gasteiger partial charge on any atom is 0.251 e. The summed E-state index contributed by atoms with van der Waals surface area (Å²) in [6.07, 6.45) is 1.85. The summed E-state index contributed by atoms with van der Waals surface area (Å²) in [4.78, 5) is 12.6. The third kappa shape index (κ3) is 5.31. The van der Waals surface area contributed by atoms with E-state index in [1.807, 2.05) is 30.3 Å². The number of carbonyl (C=O) groups is 1. The van der Waals surface area contributed by atoms with Gasteiger partial charge in [-0.25, -0.2) is 8.42 Å². The average molecular weight is 380 g/mol. The zero-order chi connectivity index (χ0) is 18.6. The fourth-order valence-electron chi connectivity index (χ4n) is 2.61. The summed E-state index contributed by atoms with van der Waals surface area (Å²) in [6, 6.07) is 13.9. The van der Waals surface area contributed by atoms with E-state index in [0.717, 1.165) is 18.2 Å². The molecule has 25 heavy (non-hydrogen) atoms. The number of amides is 1. The Hall–Kier alpha value is -1.85. The van der Waals surface area contributed by atoms with Crippen molar-refractivity contribution in [2.45, 2.75) is 31.2 Å². The van der Waals surface area contributed by atoms with Crippen LogP contribution in [0, 0.1) is 5.92 Å². The molecular formula is C19H22ClNO3S. The second-order valence-electron chi connectivity index (χ2n) is 6.48. The Balaban J connectivity index is 2.30. The van der Waals surface area contributed by atoms with Crippen LogP contribution in [0.5, 0.6) is 0 Å². The van der Waals surface area contributed by atoms with Crippen molar-refractivity contribution in [2.24, 2.45) is 5.92 Å². The lowest BCUT2D eigenvalue weighted by molar-refractivity contribution is 0.0931. The largest absolute Gasteiger partial charge is 0.345 e. The van der Waals surface area contributed by atoms with E-state index >= 15 is 0 Å². The first-order valence-corrected chi connectivity index (χ1v) is 10.3. The molecule has 0 saturated carbocycles. The van der Waals surface area contributed by atoms with Gasteiger partial charge in [-0.15, -0.1) is 0 Å². The summed E-state index contributed by atoms with van der Waals surface area (Å²) in [5.41, 5.74) is 1.29. The quantitative estimate of drug-likeness (QED) is 0.815. The lowest BCUT2D eigenvalue weighted by Crippen LogP contribution is -2.29. The molecule has 2 aromatic rings. The lowest BCUT2D eigenvalue weighted by Gasteiger charge is -2.21. The van der Waals surface area contributed by atoms with Crippen LogP contribution in [0.25, 0.3) is 0 Å². The number of carbonyl (C=O) groups excluding carboxylic acids is 1. The minimum absolute atomic E-state index is 0.0399. The standard InChI is InChI=1S/C19H22ClNO3S/c1-13(2)11-17(14-7-5-4-6-8-14)21-19(22)15-9-10-16(20)18(12-15)25(3,23)24/h4-10,12-13,17H,11H2,1-3H3,(H,21,22). The Kier molecular flexibility index (Phi) is 6.25. The molecule has 0 bridgehead atoms. The van der Waals surface area contributed by atoms with Crippen LogP contribution >= 0.6 is 11.6 Å². The third-order valence-electron chi connectivity index (χ3n) is 3.81. The second-order valence-corrected chi connectivity index (χ2v) is 8.88. The van der Waals surface area contributed by atoms with Crippen LogP contribution in [-0.2, 0) is 9.84 Å². The van der Waals surface area contributed by atoms with E-state index in [1.54, 1.807) is 0 Å². The van der Waals surface area contributed by atoms with Crippen LogP contribution in [0.1, 0.15) is 42.2 Å². The summed E-state index contributed by atoms with van der Waals surface area (Å²) in [6.45, 7) is 4.18. The molecular weight excluding hydrogens is 358 g/mol. The van der Waals surface area contributed by atoms with Gasteiger partial charge in [0, 0.05) is 11.8 Å². The fraction of sp³-hybridized carbons (Fsp3) is 0.316. The molecule has 0 radical (unpaired) electrons. The van der Waals surface area contributed by atoms with Crippen LogP contribution in [0.15, 0.2) is 53.4 Å². The average Bonchev–Trinajstić information content (AvgIpc) is 2.54. The van der Waals surface area contributed by atoms with Crippen molar-refractivity contribution in [1.29, 1.82) is 0 Å². The Morgan fingerprint density at radius 2 is 1.76 bits per heavy atom. The Morgan fingerprint density at radius 3 is 2.32 bits per heavy atom. The molecule has 6 heteroatoms. The van der Waals surface area contributed by atoms with Gasteiger partial charge in [-0.3, -0.25) is 4.79 Å². The first kappa shape index (κ1) is 19.5. The molecule has 0 saturated heterocycles. The highest BCUT2D eigenvalue weighted by Gasteiger charge is 2.20. The van der Waals surface area contributed by atoms with E-state index in [-0.39, 0.29) is 27.4 Å². The van der Waals surface area contributed by atoms with Crippen LogP contribution in [-0.4, -0.2) is 20.6 Å². The SMILES string of the molecule is CC(C)CC(NC(=O)c1ccc(Cl)c(S(C)(=O)=O)c1)c1ccccc1. The molecule has 1 N–H and O–H groups in total. The van der Waals surface area contributed by atoms with Gasteiger partial charge >= 0.3 is 0 Å². The molecule has 0 aromatic heterocycles. The van der Waals surface area contributed by atoms with Gasteiger partial charge in [0.1, 0.15) is 0 Å². The molecule has 1 atom stereocenters. The first-order chi connectivity index (χ1) is 11.7. The van der Waals surface area contributed by atoms with Crippen molar-refractivity contribution >= 4 is 27.3 Å². The highest BCUT2D eigenvalue weighted by atomic mass is 35.5. The number of hydrogen-bond donors (Lipinski definition) is 1. The molecule has 0 aliphatic rings. The van der Waals surface area contributed by atoms with Gasteiger partial charge in [-0.2, -0.15) is 0 Å². The molecule has 0 fully saturated rings. The number of nitrogens with one attached hydrogen (secondary N) is 1. The number of benzene rings is 2. The molecule has 0 aliphatic heterocycles. The van der Waals surface area contributed by atoms with Crippen molar-refractivity contribution in [3.05, 3.63) is 64.7 Å². The van der Waals surface area contributed by atoms with Crippen molar-refractivity contribution in [2.75, 3.05) is 6.26 Å². The normalized spacial score (nSPS) is 12.8. The lowest BCUT2D eigenvalue weighted by atomic mass is 9.96. The highest BCUT2D eigenvalue weighted by molar-refractivity contribution is 7.90. The zero-order valence-corrected chi connectivity index (χ0v) is 16.1. The molecule has 1 amide bonds. The Labute approximate surface area is 154 Å². The van der Waals surface area contributed by atoms with Crippen LogP contribution in [0.3, 0.4) is 0 Å². The first-order valence-electron chi connectivity index (χ1n) is 8.04. The van der Waals surface area contributed by atoms with Crippen molar-refractivity contribution < 1.29 is 13.2 Å².